The molecular weight excluding hydrogens is 256 g/mol. The largest absolute Gasteiger partial charge is 0.507 e. The predicted octanol–water partition coefficient (Wildman–Crippen LogP) is 5.25. The summed E-state index contributed by atoms with van der Waals surface area (Å²) in [7, 11) is 0. The molecule has 0 saturated carbocycles. The fourth-order valence-corrected chi connectivity index (χ4v) is 3.11. The fraction of sp³-hybridized carbons (Fsp3) is 0.400. The fourth-order valence-electron chi connectivity index (χ4n) is 3.11. The van der Waals surface area contributed by atoms with Crippen LogP contribution in [0.1, 0.15) is 53.1 Å². The molecule has 0 spiro atoms. The Kier molecular flexibility index (Phi) is 5.06. The second kappa shape index (κ2) is 6.80. The van der Waals surface area contributed by atoms with Gasteiger partial charge in [-0.25, -0.2) is 0 Å². The molecule has 0 bridgehead atoms. The van der Waals surface area contributed by atoms with Crippen molar-refractivity contribution in [1.82, 2.24) is 0 Å². The number of unbranched alkanes of at least 4 members (excludes halogenated alkanes) is 1. The minimum atomic E-state index is 0.484. The van der Waals surface area contributed by atoms with E-state index < -0.39 is 0 Å². The number of hydrogen-bond acceptors (Lipinski definition) is 1. The molecular formula is C20H26O. The van der Waals surface area contributed by atoms with Gasteiger partial charge in [0.2, 0.25) is 0 Å². The predicted molar refractivity (Wildman–Crippen MR) is 90.2 cm³/mol. The van der Waals surface area contributed by atoms with Crippen LogP contribution in [-0.2, 0) is 12.8 Å². The number of hydrogen-bond donors (Lipinski definition) is 1. The Labute approximate surface area is 128 Å². The lowest BCUT2D eigenvalue weighted by atomic mass is 9.87. The zero-order chi connectivity index (χ0) is 15.4. The molecule has 0 aromatic heterocycles. The molecule has 2 aromatic rings. The maximum Gasteiger partial charge on any atom is 0.121 e. The van der Waals surface area contributed by atoms with Gasteiger partial charge in [-0.05, 0) is 73.4 Å². The van der Waals surface area contributed by atoms with Gasteiger partial charge in [-0.1, -0.05) is 43.7 Å². The third-order valence-electron chi connectivity index (χ3n) is 4.53. The van der Waals surface area contributed by atoms with Crippen LogP contribution >= 0.6 is 0 Å². The summed E-state index contributed by atoms with van der Waals surface area (Å²) in [4.78, 5) is 0. The van der Waals surface area contributed by atoms with E-state index in [0.29, 0.717) is 5.75 Å². The zero-order valence-electron chi connectivity index (χ0n) is 13.7. The van der Waals surface area contributed by atoms with Gasteiger partial charge in [0.15, 0.2) is 0 Å². The van der Waals surface area contributed by atoms with Gasteiger partial charge >= 0.3 is 0 Å². The maximum absolute atomic E-state index is 10.5. The van der Waals surface area contributed by atoms with E-state index in [1.54, 1.807) is 0 Å². The molecule has 1 heteroatoms. The van der Waals surface area contributed by atoms with Crippen LogP contribution in [0.2, 0.25) is 0 Å². The monoisotopic (exact) mass is 282 g/mol. The number of aromatic hydroxyl groups is 1. The first-order valence-corrected chi connectivity index (χ1v) is 7.90. The van der Waals surface area contributed by atoms with Gasteiger partial charge < -0.3 is 5.11 Å². The minimum Gasteiger partial charge on any atom is -0.507 e. The van der Waals surface area contributed by atoms with Crippen LogP contribution in [0.15, 0.2) is 30.3 Å². The Morgan fingerprint density at radius 2 is 1.48 bits per heavy atom. The molecule has 0 unspecified atom stereocenters. The van der Waals surface area contributed by atoms with Crippen molar-refractivity contribution in [2.45, 2.75) is 53.4 Å². The number of rotatable bonds is 5. The first-order valence-electron chi connectivity index (χ1n) is 7.90. The lowest BCUT2D eigenvalue weighted by Gasteiger charge is -2.19. The van der Waals surface area contributed by atoms with Gasteiger partial charge in [-0.15, -0.1) is 0 Å². The summed E-state index contributed by atoms with van der Waals surface area (Å²) in [5.41, 5.74) is 7.39. The van der Waals surface area contributed by atoms with E-state index >= 15 is 0 Å². The van der Waals surface area contributed by atoms with Crippen LogP contribution in [0, 0.1) is 20.8 Å². The molecule has 0 aliphatic rings. The van der Waals surface area contributed by atoms with Crippen molar-refractivity contribution in [3.63, 3.8) is 0 Å². The molecule has 0 heterocycles. The Bertz CT molecular complexity index is 612. The summed E-state index contributed by atoms with van der Waals surface area (Å²) in [5, 5.41) is 10.5. The van der Waals surface area contributed by atoms with Crippen molar-refractivity contribution in [3.05, 3.63) is 63.7 Å². The number of phenolic OH excluding ortho intramolecular Hbond substituents is 1. The molecule has 1 nitrogen and oxygen atoms in total. The van der Waals surface area contributed by atoms with Gasteiger partial charge in [0, 0.05) is 0 Å². The minimum absolute atomic E-state index is 0.484. The molecule has 0 radical (unpaired) electrons. The standard InChI is InChI=1S/C20H26O/c1-5-6-12-18-14(2)19(16(4)20(21)15(18)3)13-17-10-8-7-9-11-17/h7-11,21H,5-6,12-13H2,1-4H3. The quantitative estimate of drug-likeness (QED) is 0.794. The van der Waals surface area contributed by atoms with E-state index in [2.05, 4.69) is 38.1 Å². The van der Waals surface area contributed by atoms with Crippen LogP contribution in [0.3, 0.4) is 0 Å². The lowest BCUT2D eigenvalue weighted by Crippen LogP contribution is -2.04. The van der Waals surface area contributed by atoms with E-state index in [9.17, 15) is 5.11 Å². The van der Waals surface area contributed by atoms with E-state index in [-0.39, 0.29) is 0 Å². The Morgan fingerprint density at radius 1 is 0.857 bits per heavy atom. The summed E-state index contributed by atoms with van der Waals surface area (Å²) in [6, 6.07) is 10.5. The third kappa shape index (κ3) is 3.29. The molecule has 112 valence electrons. The van der Waals surface area contributed by atoms with Crippen LogP contribution in [0.4, 0.5) is 0 Å². The Morgan fingerprint density at radius 3 is 2.10 bits per heavy atom. The van der Waals surface area contributed by atoms with Crippen LogP contribution in [0.5, 0.6) is 5.75 Å². The van der Waals surface area contributed by atoms with Gasteiger partial charge in [0.05, 0.1) is 0 Å². The summed E-state index contributed by atoms with van der Waals surface area (Å²) < 4.78 is 0. The third-order valence-corrected chi connectivity index (χ3v) is 4.53. The van der Waals surface area contributed by atoms with Gasteiger partial charge in [0.1, 0.15) is 5.75 Å². The van der Waals surface area contributed by atoms with Gasteiger partial charge in [0.25, 0.3) is 0 Å². The molecule has 0 amide bonds. The number of phenols is 1. The van der Waals surface area contributed by atoms with Crippen LogP contribution in [-0.4, -0.2) is 5.11 Å². The van der Waals surface area contributed by atoms with E-state index in [4.69, 9.17) is 0 Å². The van der Waals surface area contributed by atoms with E-state index in [0.717, 1.165) is 24.0 Å². The highest BCUT2D eigenvalue weighted by atomic mass is 16.3. The molecule has 1 N–H and O–H groups in total. The van der Waals surface area contributed by atoms with Crippen LogP contribution < -0.4 is 0 Å². The molecule has 0 aliphatic carbocycles. The summed E-state index contributed by atoms with van der Waals surface area (Å²) in [5.74, 6) is 0.484. The van der Waals surface area contributed by atoms with Gasteiger partial charge in [-0.3, -0.25) is 0 Å². The molecule has 2 rings (SSSR count). The molecule has 0 atom stereocenters. The van der Waals surface area contributed by atoms with Crippen LogP contribution in [0.25, 0.3) is 0 Å². The molecule has 0 aliphatic heterocycles. The van der Waals surface area contributed by atoms with E-state index in [1.807, 2.05) is 19.9 Å². The van der Waals surface area contributed by atoms with Crippen molar-refractivity contribution in [1.29, 1.82) is 0 Å². The molecule has 21 heavy (non-hydrogen) atoms. The first kappa shape index (κ1) is 15.6. The number of benzene rings is 2. The van der Waals surface area contributed by atoms with Crippen molar-refractivity contribution >= 4 is 0 Å². The van der Waals surface area contributed by atoms with Crippen molar-refractivity contribution in [2.24, 2.45) is 0 Å². The molecule has 0 saturated heterocycles. The SMILES string of the molecule is CCCCc1c(C)c(O)c(C)c(Cc2ccccc2)c1C. The topological polar surface area (TPSA) is 20.2 Å². The zero-order valence-corrected chi connectivity index (χ0v) is 13.7. The summed E-state index contributed by atoms with van der Waals surface area (Å²) >= 11 is 0. The lowest BCUT2D eigenvalue weighted by molar-refractivity contribution is 0.464. The normalized spacial score (nSPS) is 10.9. The second-order valence-corrected chi connectivity index (χ2v) is 5.95. The maximum atomic E-state index is 10.5. The van der Waals surface area contributed by atoms with Crippen molar-refractivity contribution < 1.29 is 5.11 Å². The summed E-state index contributed by atoms with van der Waals surface area (Å²) in [6.07, 6.45) is 4.31. The molecule has 2 aromatic carbocycles. The first-order chi connectivity index (χ1) is 10.1. The van der Waals surface area contributed by atoms with Gasteiger partial charge in [-0.2, -0.15) is 0 Å². The van der Waals surface area contributed by atoms with Crippen molar-refractivity contribution in [3.8, 4) is 5.75 Å². The highest BCUT2D eigenvalue weighted by Crippen LogP contribution is 2.34. The highest BCUT2D eigenvalue weighted by Gasteiger charge is 2.16. The average molecular weight is 282 g/mol. The smallest absolute Gasteiger partial charge is 0.121 e. The average Bonchev–Trinajstić information content (AvgIpc) is 2.51. The van der Waals surface area contributed by atoms with Crippen molar-refractivity contribution in [2.75, 3.05) is 0 Å². The Hall–Kier alpha value is -1.76. The second-order valence-electron chi connectivity index (χ2n) is 5.95. The van der Waals surface area contributed by atoms with E-state index in [1.165, 1.54) is 35.1 Å². The summed E-state index contributed by atoms with van der Waals surface area (Å²) in [6.45, 7) is 8.51. The highest BCUT2D eigenvalue weighted by molar-refractivity contribution is 5.55. The molecule has 0 fully saturated rings. The Balaban J connectivity index is 2.47.